The average molecular weight is 291 g/mol. The molecule has 0 unspecified atom stereocenters. The van der Waals surface area contributed by atoms with Gasteiger partial charge in [0.05, 0.1) is 11.9 Å². The van der Waals surface area contributed by atoms with Crippen LogP contribution in [0.3, 0.4) is 0 Å². The molecule has 0 radical (unpaired) electrons. The second kappa shape index (κ2) is 5.46. The third kappa shape index (κ3) is 2.41. The van der Waals surface area contributed by atoms with Crippen LogP contribution in [-0.2, 0) is 0 Å². The summed E-state index contributed by atoms with van der Waals surface area (Å²) < 4.78 is 0. The lowest BCUT2D eigenvalue weighted by Crippen LogP contribution is -2.43. The number of aromatic nitrogens is 1. The fraction of sp³-hybridized carbons (Fsp3) is 0.400. The Morgan fingerprint density at radius 1 is 1.20 bits per heavy atom. The molecule has 2 heterocycles. The van der Waals surface area contributed by atoms with Crippen LogP contribution < -0.4 is 15.1 Å². The van der Waals surface area contributed by atoms with Crippen molar-refractivity contribution in [1.82, 2.24) is 10.3 Å². The first kappa shape index (κ1) is 13.5. The van der Waals surface area contributed by atoms with Gasteiger partial charge < -0.3 is 15.1 Å². The van der Waals surface area contributed by atoms with Crippen molar-refractivity contribution < 1.29 is 0 Å². The van der Waals surface area contributed by atoms with Crippen molar-refractivity contribution in [2.24, 2.45) is 0 Å². The van der Waals surface area contributed by atoms with Gasteiger partial charge >= 0.3 is 0 Å². The molecule has 1 aliphatic heterocycles. The van der Waals surface area contributed by atoms with Gasteiger partial charge in [-0.3, -0.25) is 0 Å². The SMILES string of the molecule is CN(C)c1ncc(N2CCNCC2)c2ccc(Cl)cc12. The van der Waals surface area contributed by atoms with E-state index in [1.165, 1.54) is 11.1 Å². The van der Waals surface area contributed by atoms with Crippen LogP contribution in [0.2, 0.25) is 5.02 Å². The molecule has 0 atom stereocenters. The summed E-state index contributed by atoms with van der Waals surface area (Å²) in [6, 6.07) is 6.06. The van der Waals surface area contributed by atoms with Crippen LogP contribution in [0.25, 0.3) is 10.8 Å². The smallest absolute Gasteiger partial charge is 0.136 e. The topological polar surface area (TPSA) is 31.4 Å². The molecule has 20 heavy (non-hydrogen) atoms. The fourth-order valence-electron chi connectivity index (χ4n) is 2.70. The minimum absolute atomic E-state index is 0.750. The summed E-state index contributed by atoms with van der Waals surface area (Å²) in [5, 5.41) is 6.46. The number of nitrogens with one attached hydrogen (secondary N) is 1. The van der Waals surface area contributed by atoms with E-state index in [9.17, 15) is 0 Å². The van der Waals surface area contributed by atoms with E-state index >= 15 is 0 Å². The first-order chi connectivity index (χ1) is 9.66. The van der Waals surface area contributed by atoms with Crippen molar-refractivity contribution in [3.05, 3.63) is 29.4 Å². The largest absolute Gasteiger partial charge is 0.367 e. The number of piperazine rings is 1. The van der Waals surface area contributed by atoms with Gasteiger partial charge in [0.25, 0.3) is 0 Å². The van der Waals surface area contributed by atoms with E-state index in [-0.39, 0.29) is 0 Å². The standard InChI is InChI=1S/C15H19ClN4/c1-19(2)15-13-9-11(16)3-4-12(13)14(10-18-15)20-7-5-17-6-8-20/h3-4,9-10,17H,5-8H2,1-2H3. The predicted molar refractivity (Wildman–Crippen MR) is 86.2 cm³/mol. The Kier molecular flexibility index (Phi) is 3.68. The first-order valence-electron chi connectivity index (χ1n) is 6.88. The van der Waals surface area contributed by atoms with Gasteiger partial charge in [-0.15, -0.1) is 0 Å². The number of anilines is 2. The zero-order valence-corrected chi connectivity index (χ0v) is 12.6. The van der Waals surface area contributed by atoms with Crippen LogP contribution in [-0.4, -0.2) is 45.3 Å². The van der Waals surface area contributed by atoms with E-state index < -0.39 is 0 Å². The molecule has 1 aromatic heterocycles. The van der Waals surface area contributed by atoms with Gasteiger partial charge in [-0.25, -0.2) is 4.98 Å². The van der Waals surface area contributed by atoms with E-state index in [4.69, 9.17) is 11.6 Å². The summed E-state index contributed by atoms with van der Waals surface area (Å²) in [7, 11) is 4.01. The number of benzene rings is 1. The van der Waals surface area contributed by atoms with Gasteiger partial charge in [-0.05, 0) is 12.1 Å². The third-order valence-corrected chi connectivity index (χ3v) is 3.92. The van der Waals surface area contributed by atoms with Gasteiger partial charge in [-0.2, -0.15) is 0 Å². The quantitative estimate of drug-likeness (QED) is 0.920. The van der Waals surface area contributed by atoms with Gasteiger partial charge in [0.15, 0.2) is 0 Å². The molecular formula is C15H19ClN4. The summed E-state index contributed by atoms with van der Waals surface area (Å²) in [6.07, 6.45) is 1.98. The molecular weight excluding hydrogens is 272 g/mol. The number of nitrogens with zero attached hydrogens (tertiary/aromatic N) is 3. The molecule has 1 saturated heterocycles. The summed E-state index contributed by atoms with van der Waals surface area (Å²) in [6.45, 7) is 4.07. The van der Waals surface area contributed by atoms with Crippen molar-refractivity contribution >= 4 is 33.9 Å². The van der Waals surface area contributed by atoms with E-state index in [0.29, 0.717) is 0 Å². The maximum atomic E-state index is 6.16. The molecule has 0 bridgehead atoms. The van der Waals surface area contributed by atoms with E-state index in [1.54, 1.807) is 0 Å². The van der Waals surface area contributed by atoms with Gasteiger partial charge in [0.2, 0.25) is 0 Å². The number of rotatable bonds is 2. The van der Waals surface area contributed by atoms with Crippen molar-refractivity contribution in [3.8, 4) is 0 Å². The molecule has 0 amide bonds. The normalized spacial score (nSPS) is 15.7. The monoisotopic (exact) mass is 290 g/mol. The molecule has 1 fully saturated rings. The van der Waals surface area contributed by atoms with Crippen molar-refractivity contribution in [1.29, 1.82) is 0 Å². The van der Waals surface area contributed by atoms with E-state index in [2.05, 4.69) is 21.3 Å². The van der Waals surface area contributed by atoms with Gasteiger partial charge in [-0.1, -0.05) is 17.7 Å². The lowest BCUT2D eigenvalue weighted by Gasteiger charge is -2.30. The fourth-order valence-corrected chi connectivity index (χ4v) is 2.87. The third-order valence-electron chi connectivity index (χ3n) is 3.69. The van der Waals surface area contributed by atoms with Crippen molar-refractivity contribution in [2.75, 3.05) is 50.1 Å². The highest BCUT2D eigenvalue weighted by Crippen LogP contribution is 2.33. The number of halogens is 1. The van der Waals surface area contributed by atoms with E-state index in [0.717, 1.165) is 42.4 Å². The molecule has 5 heteroatoms. The zero-order chi connectivity index (χ0) is 14.1. The average Bonchev–Trinajstić information content (AvgIpc) is 2.46. The van der Waals surface area contributed by atoms with E-state index in [1.807, 2.05) is 37.3 Å². The molecule has 2 aromatic rings. The maximum absolute atomic E-state index is 6.16. The minimum atomic E-state index is 0.750. The van der Waals surface area contributed by atoms with Crippen LogP contribution in [0.5, 0.6) is 0 Å². The molecule has 0 aliphatic carbocycles. The molecule has 3 rings (SSSR count). The molecule has 1 aliphatic rings. The first-order valence-corrected chi connectivity index (χ1v) is 7.26. The second-order valence-corrected chi connectivity index (χ2v) is 5.72. The summed E-state index contributed by atoms with van der Waals surface area (Å²) in [4.78, 5) is 9.04. The Hall–Kier alpha value is -1.52. The van der Waals surface area contributed by atoms with Crippen molar-refractivity contribution in [3.63, 3.8) is 0 Å². The van der Waals surface area contributed by atoms with Gasteiger partial charge in [0.1, 0.15) is 5.82 Å². The maximum Gasteiger partial charge on any atom is 0.136 e. The molecule has 0 spiro atoms. The highest BCUT2D eigenvalue weighted by molar-refractivity contribution is 6.31. The van der Waals surface area contributed by atoms with Crippen LogP contribution in [0.4, 0.5) is 11.5 Å². The predicted octanol–water partition coefficient (Wildman–Crippen LogP) is 2.36. The lowest BCUT2D eigenvalue weighted by atomic mass is 10.1. The highest BCUT2D eigenvalue weighted by atomic mass is 35.5. The number of fused-ring (bicyclic) bond motifs is 1. The van der Waals surface area contributed by atoms with Crippen LogP contribution in [0, 0.1) is 0 Å². The summed E-state index contributed by atoms with van der Waals surface area (Å²) >= 11 is 6.16. The molecule has 0 saturated carbocycles. The lowest BCUT2D eigenvalue weighted by molar-refractivity contribution is 0.590. The number of hydrogen-bond acceptors (Lipinski definition) is 4. The Labute approximate surface area is 124 Å². The second-order valence-electron chi connectivity index (χ2n) is 5.29. The molecule has 1 N–H and O–H groups in total. The Balaban J connectivity index is 2.16. The van der Waals surface area contributed by atoms with Crippen LogP contribution in [0.15, 0.2) is 24.4 Å². The molecule has 4 nitrogen and oxygen atoms in total. The molecule has 1 aromatic carbocycles. The zero-order valence-electron chi connectivity index (χ0n) is 11.9. The Bertz CT molecular complexity index is 621. The molecule has 106 valence electrons. The van der Waals surface area contributed by atoms with Crippen LogP contribution in [0.1, 0.15) is 0 Å². The van der Waals surface area contributed by atoms with Crippen molar-refractivity contribution in [2.45, 2.75) is 0 Å². The van der Waals surface area contributed by atoms with Crippen LogP contribution >= 0.6 is 11.6 Å². The Morgan fingerprint density at radius 3 is 2.65 bits per heavy atom. The highest BCUT2D eigenvalue weighted by Gasteiger charge is 2.16. The number of pyridine rings is 1. The number of hydrogen-bond donors (Lipinski definition) is 1. The summed E-state index contributed by atoms with van der Waals surface area (Å²) in [5.74, 6) is 0.960. The minimum Gasteiger partial charge on any atom is -0.367 e. The van der Waals surface area contributed by atoms with Gasteiger partial charge in [0, 0.05) is 56.1 Å². The Morgan fingerprint density at radius 2 is 1.95 bits per heavy atom. The summed E-state index contributed by atoms with van der Waals surface area (Å²) in [5.41, 5.74) is 1.20.